The van der Waals surface area contributed by atoms with Crippen LogP contribution in [0.25, 0.3) is 0 Å². The molecule has 1 fully saturated rings. The van der Waals surface area contributed by atoms with Gasteiger partial charge in [-0.15, -0.1) is 0 Å². The summed E-state index contributed by atoms with van der Waals surface area (Å²) >= 11 is 0. The average Bonchev–Trinajstić information content (AvgIpc) is 2.80. The van der Waals surface area contributed by atoms with Gasteiger partial charge in [-0.05, 0) is 24.3 Å². The molecule has 1 aliphatic heterocycles. The first-order valence-corrected chi connectivity index (χ1v) is 7.54. The molecule has 0 bridgehead atoms. The van der Waals surface area contributed by atoms with Gasteiger partial charge in [0.2, 0.25) is 0 Å². The first-order chi connectivity index (χ1) is 11.6. The maximum atomic E-state index is 12.8. The van der Waals surface area contributed by atoms with Crippen molar-refractivity contribution in [1.29, 1.82) is 0 Å². The molecule has 3 rings (SSSR count). The second-order valence-corrected chi connectivity index (χ2v) is 5.58. The second kappa shape index (κ2) is 6.50. The summed E-state index contributed by atoms with van der Waals surface area (Å²) < 4.78 is 0. The van der Waals surface area contributed by atoms with Gasteiger partial charge in [-0.2, -0.15) is 0 Å². The highest BCUT2D eigenvalue weighted by atomic mass is 16.2. The third-order valence-corrected chi connectivity index (χ3v) is 3.49. The van der Waals surface area contributed by atoms with Gasteiger partial charge in [0.1, 0.15) is 5.71 Å². The lowest BCUT2D eigenvalue weighted by molar-refractivity contribution is -0.119. The fourth-order valence-electron chi connectivity index (χ4n) is 2.46. The molecule has 1 saturated heterocycles. The number of nitrogens with zero attached hydrogens (tertiary/aromatic N) is 3. The molecule has 2 aromatic rings. The molecule has 120 valence electrons. The average molecular weight is 319 g/mol. The number of para-hydroxylation sites is 2. The summed E-state index contributed by atoms with van der Waals surface area (Å²) in [5, 5.41) is 0. The van der Waals surface area contributed by atoms with Gasteiger partial charge in [0, 0.05) is 20.3 Å². The highest BCUT2D eigenvalue weighted by molar-refractivity contribution is 6.65. The minimum atomic E-state index is -0.414. The molecule has 0 saturated carbocycles. The monoisotopic (exact) mass is 319 g/mol. The van der Waals surface area contributed by atoms with Crippen LogP contribution in [-0.4, -0.2) is 36.5 Å². The predicted octanol–water partition coefficient (Wildman–Crippen LogP) is 2.78. The molecule has 5 heteroatoms. The second-order valence-electron chi connectivity index (χ2n) is 5.58. The van der Waals surface area contributed by atoms with Crippen LogP contribution in [0.3, 0.4) is 0 Å². The van der Waals surface area contributed by atoms with Crippen molar-refractivity contribution in [3.8, 4) is 0 Å². The largest absolute Gasteiger partial charge is 0.383 e. The summed E-state index contributed by atoms with van der Waals surface area (Å²) in [5.74, 6) is -0.780. The van der Waals surface area contributed by atoms with E-state index in [1.165, 1.54) is 0 Å². The van der Waals surface area contributed by atoms with Gasteiger partial charge in [0.05, 0.1) is 16.9 Å². The van der Waals surface area contributed by atoms with Crippen molar-refractivity contribution in [3.05, 3.63) is 72.4 Å². The number of amides is 2. The van der Waals surface area contributed by atoms with Crippen LogP contribution in [0.2, 0.25) is 0 Å². The van der Waals surface area contributed by atoms with Crippen molar-refractivity contribution in [1.82, 2.24) is 4.90 Å². The van der Waals surface area contributed by atoms with Gasteiger partial charge in [0.15, 0.2) is 0 Å². The molecule has 5 nitrogen and oxygen atoms in total. The molecule has 0 aliphatic carbocycles. The van der Waals surface area contributed by atoms with Gasteiger partial charge in [0.25, 0.3) is 11.8 Å². The Morgan fingerprint density at radius 3 is 2.04 bits per heavy atom. The summed E-state index contributed by atoms with van der Waals surface area (Å²) in [6.07, 6.45) is 1.63. The lowest BCUT2D eigenvalue weighted by Crippen LogP contribution is -2.30. The molecule has 0 atom stereocenters. The van der Waals surface area contributed by atoms with Gasteiger partial charge in [-0.25, -0.2) is 9.89 Å². The van der Waals surface area contributed by atoms with Crippen LogP contribution in [0.4, 0.5) is 11.4 Å². The van der Waals surface area contributed by atoms with E-state index in [4.69, 9.17) is 0 Å². The number of hydrogen-bond acceptors (Lipinski definition) is 4. The summed E-state index contributed by atoms with van der Waals surface area (Å²) in [7, 11) is 3.60. The van der Waals surface area contributed by atoms with E-state index in [9.17, 15) is 9.59 Å². The van der Waals surface area contributed by atoms with Crippen molar-refractivity contribution in [2.24, 2.45) is 4.99 Å². The number of anilines is 1. The SMILES string of the molecule is CN(C)/C=C1\C(=O)N(c2ccccc2)C(=O)C1=Nc1ccccc1. The molecular weight excluding hydrogens is 302 g/mol. The van der Waals surface area contributed by atoms with Crippen LogP contribution in [0, 0.1) is 0 Å². The molecule has 24 heavy (non-hydrogen) atoms. The Labute approximate surface area is 140 Å². The fourth-order valence-corrected chi connectivity index (χ4v) is 2.46. The van der Waals surface area contributed by atoms with Crippen molar-refractivity contribution >= 4 is 28.9 Å². The number of rotatable bonds is 3. The van der Waals surface area contributed by atoms with E-state index in [1.807, 2.05) is 24.3 Å². The Balaban J connectivity index is 2.11. The summed E-state index contributed by atoms with van der Waals surface area (Å²) in [5.41, 5.74) is 1.62. The molecule has 2 amide bonds. The van der Waals surface area contributed by atoms with Crippen molar-refractivity contribution in [2.45, 2.75) is 0 Å². The van der Waals surface area contributed by atoms with Crippen LogP contribution >= 0.6 is 0 Å². The van der Waals surface area contributed by atoms with E-state index >= 15 is 0 Å². The third-order valence-electron chi connectivity index (χ3n) is 3.49. The van der Waals surface area contributed by atoms with Crippen LogP contribution in [-0.2, 0) is 9.59 Å². The van der Waals surface area contributed by atoms with Gasteiger partial charge >= 0.3 is 0 Å². The lowest BCUT2D eigenvalue weighted by Gasteiger charge is -2.12. The molecule has 2 aromatic carbocycles. The Bertz CT molecular complexity index is 824. The highest BCUT2D eigenvalue weighted by Crippen LogP contribution is 2.26. The molecular formula is C19H17N3O2. The lowest BCUT2D eigenvalue weighted by atomic mass is 10.2. The topological polar surface area (TPSA) is 53.0 Å². The number of aliphatic imine (C=N–C) groups is 1. The van der Waals surface area contributed by atoms with Crippen molar-refractivity contribution in [3.63, 3.8) is 0 Å². The number of imide groups is 1. The first-order valence-electron chi connectivity index (χ1n) is 7.54. The Morgan fingerprint density at radius 2 is 1.46 bits per heavy atom. The molecule has 0 spiro atoms. The molecule has 0 unspecified atom stereocenters. The number of carbonyl (C=O) groups excluding carboxylic acids is 2. The summed E-state index contributed by atoms with van der Waals surface area (Å²) in [6, 6.07) is 18.0. The first kappa shape index (κ1) is 15.7. The van der Waals surface area contributed by atoms with Gasteiger partial charge < -0.3 is 4.90 Å². The molecule has 1 aliphatic rings. The Hall–Kier alpha value is -3.21. The van der Waals surface area contributed by atoms with Crippen molar-refractivity contribution in [2.75, 3.05) is 19.0 Å². The molecule has 0 aromatic heterocycles. The molecule has 0 N–H and O–H groups in total. The smallest absolute Gasteiger partial charge is 0.284 e. The van der Waals surface area contributed by atoms with Crippen LogP contribution in [0.1, 0.15) is 0 Å². The zero-order valence-corrected chi connectivity index (χ0v) is 13.5. The highest BCUT2D eigenvalue weighted by Gasteiger charge is 2.41. The Kier molecular flexibility index (Phi) is 4.24. The van der Waals surface area contributed by atoms with Crippen LogP contribution in [0.15, 0.2) is 77.4 Å². The minimum Gasteiger partial charge on any atom is -0.383 e. The van der Waals surface area contributed by atoms with Gasteiger partial charge in [-0.1, -0.05) is 36.4 Å². The molecule has 0 radical (unpaired) electrons. The van der Waals surface area contributed by atoms with Gasteiger partial charge in [-0.3, -0.25) is 9.59 Å². The van der Waals surface area contributed by atoms with E-state index in [-0.39, 0.29) is 17.2 Å². The fraction of sp³-hybridized carbons (Fsp3) is 0.105. The molecule has 1 heterocycles. The number of carbonyl (C=O) groups is 2. The maximum Gasteiger partial charge on any atom is 0.284 e. The van der Waals surface area contributed by atoms with E-state index < -0.39 is 5.91 Å². The minimum absolute atomic E-state index is 0.156. The van der Waals surface area contributed by atoms with E-state index in [0.29, 0.717) is 11.4 Å². The van der Waals surface area contributed by atoms with E-state index in [0.717, 1.165) is 4.90 Å². The summed E-state index contributed by atoms with van der Waals surface area (Å²) in [4.78, 5) is 32.9. The third kappa shape index (κ3) is 2.96. The van der Waals surface area contributed by atoms with Crippen molar-refractivity contribution < 1.29 is 9.59 Å². The Morgan fingerprint density at radius 1 is 0.875 bits per heavy atom. The standard InChI is InChI=1S/C19H17N3O2/c1-21(2)13-16-17(20-14-9-5-3-6-10-14)19(24)22(18(16)23)15-11-7-4-8-12-15/h3-13H,1-2H3/b16-13-,20-17?. The van der Waals surface area contributed by atoms with E-state index in [2.05, 4.69) is 4.99 Å². The summed E-state index contributed by atoms with van der Waals surface area (Å²) in [6.45, 7) is 0. The van der Waals surface area contributed by atoms with Crippen LogP contribution < -0.4 is 4.90 Å². The zero-order valence-electron chi connectivity index (χ0n) is 13.5. The normalized spacial score (nSPS) is 17.8. The maximum absolute atomic E-state index is 12.8. The predicted molar refractivity (Wildman–Crippen MR) is 94.2 cm³/mol. The van der Waals surface area contributed by atoms with E-state index in [1.54, 1.807) is 61.6 Å². The number of hydrogen-bond donors (Lipinski definition) is 0. The quantitative estimate of drug-likeness (QED) is 0.646. The van der Waals surface area contributed by atoms with Crippen LogP contribution in [0.5, 0.6) is 0 Å². The number of benzene rings is 2. The zero-order chi connectivity index (χ0) is 17.1.